The summed E-state index contributed by atoms with van der Waals surface area (Å²) in [6, 6.07) is 19.6. The first-order valence-electron chi connectivity index (χ1n) is 9.56. The Morgan fingerprint density at radius 3 is 1.71 bits per heavy atom. The number of anilines is 1. The van der Waals surface area contributed by atoms with Crippen LogP contribution < -0.4 is 5.73 Å². The van der Waals surface area contributed by atoms with Gasteiger partial charge in [0.1, 0.15) is 17.9 Å². The Bertz CT molecular complexity index is 1010. The molecule has 2 heterocycles. The van der Waals surface area contributed by atoms with Crippen LogP contribution in [0.15, 0.2) is 97.6 Å². The lowest BCUT2D eigenvalue weighted by atomic mass is 10.1. The van der Waals surface area contributed by atoms with Gasteiger partial charge in [-0.25, -0.2) is 8.78 Å². The van der Waals surface area contributed by atoms with Crippen LogP contribution in [-0.4, -0.2) is 16.3 Å². The molecule has 0 aliphatic heterocycles. The number of carbonyl (C=O) groups excluding carboxylic acids is 1. The topological polar surface area (TPSA) is 68.9 Å². The SMILES string of the molecule is Fc1ccc(CCc2cccnc2)cc1.Nc1cccnc1.O=Cc1ccc(F)cc1. The van der Waals surface area contributed by atoms with Crippen LogP contribution in [0.25, 0.3) is 0 Å². The number of aromatic nitrogens is 2. The Balaban J connectivity index is 0.000000181. The van der Waals surface area contributed by atoms with Crippen molar-refractivity contribution in [1.82, 2.24) is 9.97 Å². The van der Waals surface area contributed by atoms with Crippen LogP contribution in [0.3, 0.4) is 0 Å². The number of nitrogen functional groups attached to an aromatic ring is 1. The van der Waals surface area contributed by atoms with Crippen LogP contribution in [-0.2, 0) is 12.8 Å². The zero-order valence-corrected chi connectivity index (χ0v) is 16.9. The second-order valence-electron chi connectivity index (χ2n) is 6.44. The largest absolute Gasteiger partial charge is 0.397 e. The maximum Gasteiger partial charge on any atom is 0.150 e. The zero-order valence-electron chi connectivity index (χ0n) is 16.9. The van der Waals surface area contributed by atoms with Gasteiger partial charge in [0, 0.05) is 30.4 Å². The molecule has 0 bridgehead atoms. The molecule has 0 spiro atoms. The van der Waals surface area contributed by atoms with Crippen LogP contribution in [0.4, 0.5) is 14.5 Å². The molecule has 158 valence electrons. The van der Waals surface area contributed by atoms with Crippen molar-refractivity contribution >= 4 is 12.0 Å². The summed E-state index contributed by atoms with van der Waals surface area (Å²) in [7, 11) is 0. The van der Waals surface area contributed by atoms with Crippen LogP contribution >= 0.6 is 0 Å². The molecule has 0 saturated heterocycles. The summed E-state index contributed by atoms with van der Waals surface area (Å²) in [6.07, 6.45) is 9.48. The van der Waals surface area contributed by atoms with E-state index in [1.807, 2.05) is 24.4 Å². The van der Waals surface area contributed by atoms with E-state index in [2.05, 4.69) is 16.0 Å². The maximum atomic E-state index is 12.6. The minimum atomic E-state index is -0.319. The van der Waals surface area contributed by atoms with E-state index in [9.17, 15) is 13.6 Å². The molecule has 4 nitrogen and oxygen atoms in total. The number of nitrogens with two attached hydrogens (primary N) is 1. The third-order valence-electron chi connectivity index (χ3n) is 4.03. The van der Waals surface area contributed by atoms with E-state index in [0.717, 1.165) is 18.4 Å². The molecule has 31 heavy (non-hydrogen) atoms. The molecular weight excluding hydrogens is 396 g/mol. The summed E-state index contributed by atoms with van der Waals surface area (Å²) in [4.78, 5) is 17.8. The average molecular weight is 419 g/mol. The van der Waals surface area contributed by atoms with Crippen molar-refractivity contribution in [3.63, 3.8) is 0 Å². The van der Waals surface area contributed by atoms with Crippen molar-refractivity contribution in [2.75, 3.05) is 5.73 Å². The number of aldehydes is 1. The maximum absolute atomic E-state index is 12.6. The van der Waals surface area contributed by atoms with Gasteiger partial charge in [0.15, 0.2) is 0 Å². The number of pyridine rings is 2. The molecule has 0 radical (unpaired) electrons. The minimum Gasteiger partial charge on any atom is -0.397 e. The van der Waals surface area contributed by atoms with Crippen LogP contribution in [0.1, 0.15) is 21.5 Å². The lowest BCUT2D eigenvalue weighted by Gasteiger charge is -2.01. The van der Waals surface area contributed by atoms with E-state index in [0.29, 0.717) is 17.5 Å². The molecule has 2 aromatic heterocycles. The first-order valence-corrected chi connectivity index (χ1v) is 9.56. The lowest BCUT2D eigenvalue weighted by Crippen LogP contribution is -1.91. The number of hydrogen-bond acceptors (Lipinski definition) is 4. The molecule has 0 fully saturated rings. The highest BCUT2D eigenvalue weighted by atomic mass is 19.1. The molecule has 6 heteroatoms. The Labute approximate surface area is 180 Å². The van der Waals surface area contributed by atoms with Crippen molar-refractivity contribution in [3.05, 3.63) is 126 Å². The van der Waals surface area contributed by atoms with Gasteiger partial charge in [-0.2, -0.15) is 0 Å². The Morgan fingerprint density at radius 1 is 0.710 bits per heavy atom. The van der Waals surface area contributed by atoms with Gasteiger partial charge in [-0.15, -0.1) is 0 Å². The standard InChI is InChI=1S/C13H12FN.C7H5FO.C5H6N2/c14-13-7-5-11(6-8-13)3-4-12-2-1-9-15-10-12;8-7-3-1-6(5-9)2-4-7;6-5-2-1-3-7-4-5/h1-2,5-10H,3-4H2;1-5H;1-4H,6H2. The smallest absolute Gasteiger partial charge is 0.150 e. The van der Waals surface area contributed by atoms with Crippen molar-refractivity contribution in [3.8, 4) is 0 Å². The third kappa shape index (κ3) is 9.89. The second kappa shape index (κ2) is 13.3. The molecule has 4 rings (SSSR count). The van der Waals surface area contributed by atoms with Crippen molar-refractivity contribution in [2.24, 2.45) is 0 Å². The summed E-state index contributed by atoms with van der Waals surface area (Å²) >= 11 is 0. The highest BCUT2D eigenvalue weighted by molar-refractivity contribution is 5.74. The number of halogens is 2. The Hall–Kier alpha value is -3.93. The van der Waals surface area contributed by atoms with Gasteiger partial charge in [0.05, 0.1) is 5.69 Å². The van der Waals surface area contributed by atoms with E-state index in [4.69, 9.17) is 5.73 Å². The fourth-order valence-electron chi connectivity index (χ4n) is 2.40. The zero-order chi connectivity index (χ0) is 22.3. The van der Waals surface area contributed by atoms with E-state index in [1.54, 1.807) is 30.7 Å². The minimum absolute atomic E-state index is 0.180. The quantitative estimate of drug-likeness (QED) is 0.455. The van der Waals surface area contributed by atoms with E-state index in [-0.39, 0.29) is 11.6 Å². The van der Waals surface area contributed by atoms with Crippen LogP contribution in [0.2, 0.25) is 0 Å². The van der Waals surface area contributed by atoms with Crippen LogP contribution in [0.5, 0.6) is 0 Å². The average Bonchev–Trinajstić information content (AvgIpc) is 2.81. The predicted molar refractivity (Wildman–Crippen MR) is 118 cm³/mol. The molecule has 0 aliphatic rings. The summed E-state index contributed by atoms with van der Waals surface area (Å²) in [5.41, 5.74) is 8.87. The molecule has 2 aromatic carbocycles. The molecule has 0 amide bonds. The number of nitrogens with zero attached hydrogens (tertiary/aromatic N) is 2. The Morgan fingerprint density at radius 2 is 1.26 bits per heavy atom. The molecule has 0 aliphatic carbocycles. The number of aryl methyl sites for hydroxylation is 2. The van der Waals surface area contributed by atoms with E-state index < -0.39 is 0 Å². The highest BCUT2D eigenvalue weighted by Gasteiger charge is 1.96. The molecular formula is C25H23F2N3O. The predicted octanol–water partition coefficient (Wildman–Crippen LogP) is 5.31. The van der Waals surface area contributed by atoms with Gasteiger partial charge in [-0.05, 0) is 78.6 Å². The van der Waals surface area contributed by atoms with Gasteiger partial charge in [0.2, 0.25) is 0 Å². The monoisotopic (exact) mass is 419 g/mol. The Kier molecular flexibility index (Phi) is 10.0. The first-order chi connectivity index (χ1) is 15.1. The fourth-order valence-corrected chi connectivity index (χ4v) is 2.40. The summed E-state index contributed by atoms with van der Waals surface area (Å²) in [5, 5.41) is 0. The van der Waals surface area contributed by atoms with Gasteiger partial charge in [0.25, 0.3) is 0 Å². The lowest BCUT2D eigenvalue weighted by molar-refractivity contribution is 0.112. The van der Waals surface area contributed by atoms with Gasteiger partial charge < -0.3 is 5.73 Å². The molecule has 0 atom stereocenters. The van der Waals surface area contributed by atoms with Crippen molar-refractivity contribution in [1.29, 1.82) is 0 Å². The molecule has 0 unspecified atom stereocenters. The van der Waals surface area contributed by atoms with E-state index in [1.165, 1.54) is 42.0 Å². The summed E-state index contributed by atoms with van der Waals surface area (Å²) in [6.45, 7) is 0. The van der Waals surface area contributed by atoms with Crippen molar-refractivity contribution in [2.45, 2.75) is 12.8 Å². The summed E-state index contributed by atoms with van der Waals surface area (Å²) in [5.74, 6) is -0.499. The van der Waals surface area contributed by atoms with Gasteiger partial charge >= 0.3 is 0 Å². The summed E-state index contributed by atoms with van der Waals surface area (Å²) < 4.78 is 24.7. The van der Waals surface area contributed by atoms with Crippen LogP contribution in [0, 0.1) is 11.6 Å². The third-order valence-corrected chi connectivity index (χ3v) is 4.03. The number of hydrogen-bond donors (Lipinski definition) is 1. The molecule has 4 aromatic rings. The number of rotatable bonds is 4. The van der Waals surface area contributed by atoms with Crippen molar-refractivity contribution < 1.29 is 13.6 Å². The normalized spacial score (nSPS) is 9.48. The number of carbonyl (C=O) groups is 1. The van der Waals surface area contributed by atoms with Gasteiger partial charge in [-0.1, -0.05) is 18.2 Å². The molecule has 2 N–H and O–H groups in total. The fraction of sp³-hybridized carbons (Fsp3) is 0.0800. The number of benzene rings is 2. The second-order valence-corrected chi connectivity index (χ2v) is 6.44. The first kappa shape index (κ1) is 23.3. The van der Waals surface area contributed by atoms with E-state index >= 15 is 0 Å². The molecule has 0 saturated carbocycles. The highest BCUT2D eigenvalue weighted by Crippen LogP contribution is 2.07. The van der Waals surface area contributed by atoms with Gasteiger partial charge in [-0.3, -0.25) is 14.8 Å².